The summed E-state index contributed by atoms with van der Waals surface area (Å²) in [4.78, 5) is 0. The second-order valence-corrected chi connectivity index (χ2v) is 27.0. The van der Waals surface area contributed by atoms with Crippen LogP contribution in [0.5, 0.6) is 11.5 Å². The standard InChI is InChI=1S/C38H54O4Si2/c1-37(2,3)43(7,8)25-23-39-27-41-33-21-19-29-15-11-13-17-31(29)35(33)36-32-18-14-12-16-30(32)20-22-34(36)42-28-40-24-26-44(9,10)38(4,5)6/h11-22H,23-28H2,1-10H3. The molecule has 0 fully saturated rings. The molecule has 4 rings (SSSR count). The van der Waals surface area contributed by atoms with Crippen molar-refractivity contribution in [2.75, 3.05) is 26.8 Å². The third kappa shape index (κ3) is 7.95. The van der Waals surface area contributed by atoms with Gasteiger partial charge in [-0.3, -0.25) is 0 Å². The molecule has 0 aliphatic heterocycles. The smallest absolute Gasteiger partial charge is 0.189 e. The molecule has 6 heteroatoms. The second-order valence-electron chi connectivity index (χ2n) is 15.4. The van der Waals surface area contributed by atoms with Crippen LogP contribution in [-0.4, -0.2) is 42.9 Å². The first-order chi connectivity index (χ1) is 20.6. The highest BCUT2D eigenvalue weighted by Gasteiger charge is 2.35. The summed E-state index contributed by atoms with van der Waals surface area (Å²) in [6, 6.07) is 27.5. The fourth-order valence-electron chi connectivity index (χ4n) is 4.99. The number of rotatable bonds is 13. The number of ether oxygens (including phenoxy) is 4. The van der Waals surface area contributed by atoms with Gasteiger partial charge in [0.25, 0.3) is 0 Å². The van der Waals surface area contributed by atoms with Crippen molar-refractivity contribution in [1.29, 1.82) is 0 Å². The molecule has 0 bridgehead atoms. The number of benzene rings is 4. The summed E-state index contributed by atoms with van der Waals surface area (Å²) < 4.78 is 25.0. The van der Waals surface area contributed by atoms with Gasteiger partial charge in [0.15, 0.2) is 13.6 Å². The van der Waals surface area contributed by atoms with Crippen molar-refractivity contribution in [3.8, 4) is 22.6 Å². The first-order valence-electron chi connectivity index (χ1n) is 16.1. The molecule has 4 aromatic rings. The average Bonchev–Trinajstić information content (AvgIpc) is 2.95. The van der Waals surface area contributed by atoms with Crippen molar-refractivity contribution in [3.63, 3.8) is 0 Å². The summed E-state index contributed by atoms with van der Waals surface area (Å²) in [7, 11) is -2.84. The van der Waals surface area contributed by atoms with Crippen LogP contribution in [0.3, 0.4) is 0 Å². The fraction of sp³-hybridized carbons (Fsp3) is 0.474. The van der Waals surface area contributed by atoms with Crippen molar-refractivity contribution in [2.45, 2.75) is 89.9 Å². The Balaban J connectivity index is 1.62. The highest BCUT2D eigenvalue weighted by Crippen LogP contribution is 2.46. The minimum atomic E-state index is -1.42. The summed E-state index contributed by atoms with van der Waals surface area (Å²) in [6.45, 7) is 25.7. The Bertz CT molecular complexity index is 1430. The number of hydrogen-bond donors (Lipinski definition) is 0. The summed E-state index contributed by atoms with van der Waals surface area (Å²) in [5.74, 6) is 1.58. The summed E-state index contributed by atoms with van der Waals surface area (Å²) >= 11 is 0. The molecule has 4 aromatic carbocycles. The SMILES string of the molecule is CC(C)(C)[Si](C)(C)CCOCOc1ccc2ccccc2c1-c1c(OCOCC[Si](C)(C)C(C)(C)C)ccc2ccccc12. The zero-order valence-corrected chi connectivity index (χ0v) is 30.8. The lowest BCUT2D eigenvalue weighted by Gasteiger charge is -2.36. The number of hydrogen-bond acceptors (Lipinski definition) is 4. The van der Waals surface area contributed by atoms with Gasteiger partial charge < -0.3 is 18.9 Å². The van der Waals surface area contributed by atoms with E-state index in [4.69, 9.17) is 18.9 Å². The quantitative estimate of drug-likeness (QED) is 0.0836. The van der Waals surface area contributed by atoms with Crippen molar-refractivity contribution >= 4 is 37.7 Å². The van der Waals surface area contributed by atoms with E-state index >= 15 is 0 Å². The first kappa shape index (κ1) is 34.2. The van der Waals surface area contributed by atoms with Crippen LogP contribution in [-0.2, 0) is 9.47 Å². The fourth-order valence-corrected chi connectivity index (χ4v) is 7.80. The van der Waals surface area contributed by atoms with Crippen LogP contribution < -0.4 is 9.47 Å². The third-order valence-corrected chi connectivity index (χ3v) is 21.5. The lowest BCUT2D eigenvalue weighted by atomic mass is 9.92. The molecule has 0 aliphatic carbocycles. The highest BCUT2D eigenvalue weighted by atomic mass is 28.3. The van der Waals surface area contributed by atoms with Gasteiger partial charge in [0.2, 0.25) is 0 Å². The van der Waals surface area contributed by atoms with Crippen LogP contribution in [0.15, 0.2) is 72.8 Å². The lowest BCUT2D eigenvalue weighted by molar-refractivity contribution is 0.0209. The molecular formula is C38H54O4Si2. The average molecular weight is 631 g/mol. The van der Waals surface area contributed by atoms with E-state index in [0.717, 1.165) is 56.3 Å². The highest BCUT2D eigenvalue weighted by molar-refractivity contribution is 6.80. The molecular weight excluding hydrogens is 577 g/mol. The maximum atomic E-state index is 6.43. The maximum Gasteiger partial charge on any atom is 0.189 e. The van der Waals surface area contributed by atoms with Crippen LogP contribution in [0.4, 0.5) is 0 Å². The lowest BCUT2D eigenvalue weighted by Crippen LogP contribution is -2.38. The van der Waals surface area contributed by atoms with Gasteiger partial charge in [0.05, 0.1) is 16.1 Å². The molecule has 0 N–H and O–H groups in total. The van der Waals surface area contributed by atoms with Crippen LogP contribution in [0.2, 0.25) is 48.4 Å². The van der Waals surface area contributed by atoms with Crippen molar-refractivity contribution in [3.05, 3.63) is 72.8 Å². The summed E-state index contributed by atoms with van der Waals surface area (Å²) in [6.07, 6.45) is 0. The van der Waals surface area contributed by atoms with Crippen LogP contribution in [0, 0.1) is 0 Å². The molecule has 0 spiro atoms. The molecule has 0 unspecified atom stereocenters. The van der Waals surface area contributed by atoms with E-state index in [1.165, 1.54) is 0 Å². The van der Waals surface area contributed by atoms with Gasteiger partial charge in [-0.2, -0.15) is 0 Å². The Labute approximate surface area is 268 Å². The van der Waals surface area contributed by atoms with Gasteiger partial charge in [-0.05, 0) is 55.8 Å². The van der Waals surface area contributed by atoms with Gasteiger partial charge >= 0.3 is 0 Å². The van der Waals surface area contributed by atoms with Crippen LogP contribution in [0.25, 0.3) is 32.7 Å². The molecule has 0 atom stereocenters. The topological polar surface area (TPSA) is 36.9 Å². The Morgan fingerprint density at radius 3 is 1.23 bits per heavy atom. The molecule has 238 valence electrons. The minimum Gasteiger partial charge on any atom is -0.467 e. The molecule has 0 radical (unpaired) electrons. The summed E-state index contributed by atoms with van der Waals surface area (Å²) in [5.41, 5.74) is 2.04. The zero-order valence-electron chi connectivity index (χ0n) is 28.8. The first-order valence-corrected chi connectivity index (χ1v) is 22.5. The normalized spacial score (nSPS) is 13.0. The Morgan fingerprint density at radius 2 is 0.864 bits per heavy atom. The molecule has 0 saturated carbocycles. The molecule has 0 amide bonds. The van der Waals surface area contributed by atoms with E-state index < -0.39 is 16.1 Å². The van der Waals surface area contributed by atoms with Gasteiger partial charge in [-0.1, -0.05) is 128 Å². The van der Waals surface area contributed by atoms with Gasteiger partial charge in [-0.15, -0.1) is 0 Å². The van der Waals surface area contributed by atoms with E-state index in [2.05, 4.69) is 141 Å². The van der Waals surface area contributed by atoms with E-state index in [9.17, 15) is 0 Å². The van der Waals surface area contributed by atoms with Crippen molar-refractivity contribution < 1.29 is 18.9 Å². The largest absolute Gasteiger partial charge is 0.467 e. The molecule has 44 heavy (non-hydrogen) atoms. The molecule has 0 aromatic heterocycles. The Hall–Kier alpha value is -2.65. The minimum absolute atomic E-state index is 0.206. The number of fused-ring (bicyclic) bond motifs is 2. The molecule has 0 heterocycles. The van der Waals surface area contributed by atoms with E-state index in [1.807, 2.05) is 0 Å². The Morgan fingerprint density at radius 1 is 0.500 bits per heavy atom. The maximum absolute atomic E-state index is 6.43. The summed E-state index contributed by atoms with van der Waals surface area (Å²) in [5, 5.41) is 5.21. The van der Waals surface area contributed by atoms with Crippen LogP contribution >= 0.6 is 0 Å². The van der Waals surface area contributed by atoms with Crippen molar-refractivity contribution in [2.24, 2.45) is 0 Å². The van der Waals surface area contributed by atoms with Gasteiger partial charge in [0.1, 0.15) is 11.5 Å². The predicted octanol–water partition coefficient (Wildman–Crippen LogP) is 11.4. The Kier molecular flexibility index (Phi) is 10.7. The third-order valence-electron chi connectivity index (χ3n) is 10.4. The molecule has 0 saturated heterocycles. The van der Waals surface area contributed by atoms with E-state index in [-0.39, 0.29) is 13.6 Å². The molecule has 4 nitrogen and oxygen atoms in total. The second kappa shape index (κ2) is 13.8. The van der Waals surface area contributed by atoms with Crippen molar-refractivity contribution in [1.82, 2.24) is 0 Å². The predicted molar refractivity (Wildman–Crippen MR) is 194 cm³/mol. The zero-order chi connectivity index (χ0) is 32.2. The monoisotopic (exact) mass is 630 g/mol. The van der Waals surface area contributed by atoms with E-state index in [0.29, 0.717) is 23.3 Å². The van der Waals surface area contributed by atoms with Crippen LogP contribution in [0.1, 0.15) is 41.5 Å². The molecule has 0 aliphatic rings. The van der Waals surface area contributed by atoms with E-state index in [1.54, 1.807) is 0 Å². The van der Waals surface area contributed by atoms with Gasteiger partial charge in [-0.25, -0.2) is 0 Å². The van der Waals surface area contributed by atoms with Gasteiger partial charge in [0, 0.05) is 24.3 Å².